The second-order valence-electron chi connectivity index (χ2n) is 8.72. The predicted molar refractivity (Wildman–Crippen MR) is 150 cm³/mol. The molecule has 0 aliphatic carbocycles. The van der Waals surface area contributed by atoms with Crippen molar-refractivity contribution in [3.05, 3.63) is 102 Å². The Balaban J connectivity index is 1.92. The number of hydrogen-bond donors (Lipinski definition) is 0. The Labute approximate surface area is 234 Å². The van der Waals surface area contributed by atoms with Crippen molar-refractivity contribution in [3.8, 4) is 11.5 Å². The van der Waals surface area contributed by atoms with Gasteiger partial charge in [-0.05, 0) is 49.2 Å². The lowest BCUT2D eigenvalue weighted by molar-refractivity contribution is -0.138. The van der Waals surface area contributed by atoms with Crippen LogP contribution in [0.2, 0.25) is 5.02 Å². The van der Waals surface area contributed by atoms with Crippen LogP contribution in [-0.4, -0.2) is 30.9 Å². The minimum Gasteiger partial charge on any atom is -0.493 e. The Morgan fingerprint density at radius 1 is 1.28 bits per heavy atom. The van der Waals surface area contributed by atoms with Crippen LogP contribution in [0.3, 0.4) is 0 Å². The quantitative estimate of drug-likeness (QED) is 0.196. The highest BCUT2D eigenvalue weighted by atomic mass is 35.5. The summed E-state index contributed by atoms with van der Waals surface area (Å²) >= 11 is 7.29. The van der Waals surface area contributed by atoms with E-state index in [2.05, 4.69) is 18.5 Å². The number of hydrogen-bond acceptors (Lipinski definition) is 7. The first-order valence-electron chi connectivity index (χ1n) is 12.4. The van der Waals surface area contributed by atoms with Crippen molar-refractivity contribution < 1.29 is 23.4 Å². The van der Waals surface area contributed by atoms with Crippen LogP contribution in [0.5, 0.6) is 11.5 Å². The lowest BCUT2D eigenvalue weighted by Crippen LogP contribution is -2.40. The van der Waals surface area contributed by atoms with Crippen LogP contribution in [0, 0.1) is 5.82 Å². The number of carbonyl (C=O) groups excluding carboxylic acids is 1. The number of ether oxygens (including phenoxy) is 3. The first-order chi connectivity index (χ1) is 18.8. The van der Waals surface area contributed by atoms with Gasteiger partial charge in [-0.1, -0.05) is 61.1 Å². The van der Waals surface area contributed by atoms with E-state index in [9.17, 15) is 14.0 Å². The maximum absolute atomic E-state index is 14.5. The average Bonchev–Trinajstić information content (AvgIpc) is 3.23. The van der Waals surface area contributed by atoms with Crippen LogP contribution < -0.4 is 24.4 Å². The highest BCUT2D eigenvalue weighted by Crippen LogP contribution is 2.36. The van der Waals surface area contributed by atoms with Crippen LogP contribution >= 0.6 is 22.9 Å². The van der Waals surface area contributed by atoms with Crippen molar-refractivity contribution in [1.82, 2.24) is 4.57 Å². The zero-order valence-electron chi connectivity index (χ0n) is 21.8. The van der Waals surface area contributed by atoms with Crippen LogP contribution in [0.25, 0.3) is 6.08 Å². The standard InChI is InChI=1S/C29H28ClFN2O5S/c1-5-7-14-37-22-12-11-18(15-23(22)36-4)26-25(28(35)38-13-6-2)17(3)32-29-33(26)27(34)24(39-29)16-19-20(30)9-8-10-21(19)31/h6,8-12,15-16,26H,2,5,7,13-14H2,1,3-4H3/b24-16-. The summed E-state index contributed by atoms with van der Waals surface area (Å²) in [5.41, 5.74) is 0.824. The van der Waals surface area contributed by atoms with Crippen LogP contribution in [0.1, 0.15) is 43.9 Å². The third-order valence-electron chi connectivity index (χ3n) is 6.11. The van der Waals surface area contributed by atoms with Gasteiger partial charge in [-0.15, -0.1) is 0 Å². The minimum absolute atomic E-state index is 0.00787. The SMILES string of the molecule is C=CCOC(=O)C1=C(C)N=c2s/c(=C\c3c(F)cccc3Cl)c(=O)n2C1c1ccc(OCCCC)c(OC)c1. The number of esters is 1. The molecule has 0 radical (unpaired) electrons. The molecule has 0 fully saturated rings. The summed E-state index contributed by atoms with van der Waals surface area (Å²) in [5, 5.41) is 0.172. The number of rotatable bonds is 10. The number of benzene rings is 2. The number of allylic oxidation sites excluding steroid dienone is 1. The monoisotopic (exact) mass is 570 g/mol. The van der Waals surface area contributed by atoms with E-state index < -0.39 is 23.4 Å². The Morgan fingerprint density at radius 3 is 2.77 bits per heavy atom. The summed E-state index contributed by atoms with van der Waals surface area (Å²) in [6.07, 6.45) is 4.73. The first-order valence-corrected chi connectivity index (χ1v) is 13.5. The molecule has 3 aromatic rings. The molecule has 0 amide bonds. The molecule has 0 bridgehead atoms. The number of thiazole rings is 1. The molecular weight excluding hydrogens is 543 g/mol. The first kappa shape index (κ1) is 28.3. The van der Waals surface area contributed by atoms with E-state index in [1.165, 1.54) is 36.0 Å². The molecule has 204 valence electrons. The molecule has 1 aliphatic rings. The molecule has 0 saturated carbocycles. The molecule has 39 heavy (non-hydrogen) atoms. The fraction of sp³-hybridized carbons (Fsp3) is 0.276. The molecule has 2 aromatic carbocycles. The van der Waals surface area contributed by atoms with Crippen LogP contribution in [0.15, 0.2) is 70.1 Å². The van der Waals surface area contributed by atoms with Gasteiger partial charge in [-0.3, -0.25) is 9.36 Å². The lowest BCUT2D eigenvalue weighted by Gasteiger charge is -2.25. The van der Waals surface area contributed by atoms with Gasteiger partial charge in [0.05, 0.1) is 40.6 Å². The number of carbonyl (C=O) groups is 1. The van der Waals surface area contributed by atoms with Crippen molar-refractivity contribution in [2.75, 3.05) is 20.3 Å². The van der Waals surface area contributed by atoms with Gasteiger partial charge in [0.25, 0.3) is 5.56 Å². The summed E-state index contributed by atoms with van der Waals surface area (Å²) in [6, 6.07) is 8.69. The van der Waals surface area contributed by atoms with E-state index in [-0.39, 0.29) is 27.3 Å². The van der Waals surface area contributed by atoms with Gasteiger partial charge in [-0.2, -0.15) is 0 Å². The maximum Gasteiger partial charge on any atom is 0.338 e. The fourth-order valence-corrected chi connectivity index (χ4v) is 5.44. The topological polar surface area (TPSA) is 79.1 Å². The number of aromatic nitrogens is 1. The smallest absolute Gasteiger partial charge is 0.338 e. The van der Waals surface area contributed by atoms with Gasteiger partial charge in [0.1, 0.15) is 12.4 Å². The van der Waals surface area contributed by atoms with Gasteiger partial charge >= 0.3 is 5.97 Å². The van der Waals surface area contributed by atoms with E-state index in [0.29, 0.717) is 34.2 Å². The van der Waals surface area contributed by atoms with Gasteiger partial charge < -0.3 is 14.2 Å². The second-order valence-corrected chi connectivity index (χ2v) is 10.1. The third kappa shape index (κ3) is 5.84. The van der Waals surface area contributed by atoms with Crippen molar-refractivity contribution in [2.45, 2.75) is 32.7 Å². The molecule has 10 heteroatoms. The number of fused-ring (bicyclic) bond motifs is 1. The van der Waals surface area contributed by atoms with Crippen molar-refractivity contribution >= 4 is 35.0 Å². The summed E-state index contributed by atoms with van der Waals surface area (Å²) in [7, 11) is 1.52. The Morgan fingerprint density at radius 2 is 2.08 bits per heavy atom. The summed E-state index contributed by atoms with van der Waals surface area (Å²) in [4.78, 5) is 31.9. The van der Waals surface area contributed by atoms with E-state index in [1.54, 1.807) is 31.2 Å². The zero-order valence-corrected chi connectivity index (χ0v) is 23.4. The summed E-state index contributed by atoms with van der Waals surface area (Å²) < 4.78 is 33.0. The number of halogens is 2. The van der Waals surface area contributed by atoms with Crippen molar-refractivity contribution in [2.24, 2.45) is 4.99 Å². The third-order valence-corrected chi connectivity index (χ3v) is 7.42. The molecule has 7 nitrogen and oxygen atoms in total. The summed E-state index contributed by atoms with van der Waals surface area (Å²) in [5.74, 6) is -0.182. The van der Waals surface area contributed by atoms with E-state index in [0.717, 1.165) is 24.2 Å². The molecule has 0 spiro atoms. The lowest BCUT2D eigenvalue weighted by atomic mass is 9.95. The highest BCUT2D eigenvalue weighted by Gasteiger charge is 2.34. The number of nitrogens with zero attached hydrogens (tertiary/aromatic N) is 2. The van der Waals surface area contributed by atoms with Gasteiger partial charge in [0.15, 0.2) is 16.3 Å². The van der Waals surface area contributed by atoms with Crippen molar-refractivity contribution in [3.63, 3.8) is 0 Å². The molecule has 2 heterocycles. The summed E-state index contributed by atoms with van der Waals surface area (Å²) in [6.45, 7) is 7.87. The van der Waals surface area contributed by atoms with Gasteiger partial charge in [0.2, 0.25) is 0 Å². The van der Waals surface area contributed by atoms with E-state index >= 15 is 0 Å². The number of unbranched alkanes of at least 4 members (excludes halogenated alkanes) is 1. The molecular formula is C29H28ClFN2O5S. The van der Waals surface area contributed by atoms with E-state index in [1.807, 2.05) is 0 Å². The molecule has 1 aromatic heterocycles. The molecule has 1 unspecified atom stereocenters. The molecule has 1 atom stereocenters. The normalized spacial score (nSPS) is 15.0. The second kappa shape index (κ2) is 12.4. The van der Waals surface area contributed by atoms with E-state index in [4.69, 9.17) is 25.8 Å². The maximum atomic E-state index is 14.5. The average molecular weight is 571 g/mol. The van der Waals surface area contributed by atoms with Crippen LogP contribution in [0.4, 0.5) is 4.39 Å². The Bertz CT molecular complexity index is 1600. The van der Waals surface area contributed by atoms with Crippen molar-refractivity contribution in [1.29, 1.82) is 0 Å². The molecule has 0 N–H and O–H groups in total. The number of methoxy groups -OCH3 is 1. The Kier molecular flexibility index (Phi) is 9.04. The minimum atomic E-state index is -0.879. The fourth-order valence-electron chi connectivity index (χ4n) is 4.19. The zero-order chi connectivity index (χ0) is 28.1. The molecule has 1 aliphatic heterocycles. The largest absolute Gasteiger partial charge is 0.493 e. The van der Waals surface area contributed by atoms with Gasteiger partial charge in [0, 0.05) is 5.56 Å². The highest BCUT2D eigenvalue weighted by molar-refractivity contribution is 7.07. The van der Waals surface area contributed by atoms with Crippen LogP contribution in [-0.2, 0) is 9.53 Å². The van der Waals surface area contributed by atoms with Gasteiger partial charge in [-0.25, -0.2) is 14.2 Å². The Hall–Kier alpha value is -3.69. The molecule has 4 rings (SSSR count). The molecule has 0 saturated heterocycles. The predicted octanol–water partition coefficient (Wildman–Crippen LogP) is 4.94.